The average Bonchev–Trinajstić information content (AvgIpc) is 2.68. The Hall–Kier alpha value is -0.380. The molecule has 2 nitrogen and oxygen atoms in total. The summed E-state index contributed by atoms with van der Waals surface area (Å²) < 4.78 is 0. The molecule has 1 fully saturated rings. The fraction of sp³-hybridized carbons (Fsp3) is 0.750. The maximum Gasteiger partial charge on any atom is 0.0332 e. The van der Waals surface area contributed by atoms with Gasteiger partial charge in [0.2, 0.25) is 0 Å². The van der Waals surface area contributed by atoms with Crippen LogP contribution >= 0.6 is 11.3 Å². The van der Waals surface area contributed by atoms with E-state index in [0.717, 1.165) is 13.1 Å². The number of hydrogen-bond acceptors (Lipinski definition) is 3. The van der Waals surface area contributed by atoms with Crippen molar-refractivity contribution < 1.29 is 0 Å². The molecular formula is C16H28N2S. The zero-order chi connectivity index (χ0) is 14.0. The summed E-state index contributed by atoms with van der Waals surface area (Å²) in [6.45, 7) is 14.9. The van der Waals surface area contributed by atoms with E-state index in [1.54, 1.807) is 0 Å². The van der Waals surface area contributed by atoms with Gasteiger partial charge < -0.3 is 5.32 Å². The molecule has 2 rings (SSSR count). The number of thiophene rings is 1. The first-order valence-corrected chi connectivity index (χ1v) is 8.36. The molecule has 1 saturated heterocycles. The molecule has 0 radical (unpaired) electrons. The smallest absolute Gasteiger partial charge is 0.0332 e. The Labute approximate surface area is 122 Å². The molecule has 0 bridgehead atoms. The predicted molar refractivity (Wildman–Crippen MR) is 84.9 cm³/mol. The molecule has 108 valence electrons. The molecule has 1 aromatic rings. The van der Waals surface area contributed by atoms with Crippen LogP contribution < -0.4 is 5.32 Å². The Morgan fingerprint density at radius 1 is 1.42 bits per heavy atom. The fourth-order valence-electron chi connectivity index (χ4n) is 2.85. The summed E-state index contributed by atoms with van der Waals surface area (Å²) in [4.78, 5) is 5.68. The third kappa shape index (κ3) is 3.59. The molecule has 3 heteroatoms. The van der Waals surface area contributed by atoms with Crippen molar-refractivity contribution in [3.63, 3.8) is 0 Å². The molecule has 1 aliphatic rings. The molecule has 19 heavy (non-hydrogen) atoms. The van der Waals surface area contributed by atoms with E-state index in [2.05, 4.69) is 50.9 Å². The van der Waals surface area contributed by atoms with Gasteiger partial charge in [-0.1, -0.05) is 20.8 Å². The van der Waals surface area contributed by atoms with Crippen molar-refractivity contribution in [3.05, 3.63) is 21.4 Å². The first kappa shape index (κ1) is 15.0. The zero-order valence-corrected chi connectivity index (χ0v) is 13.8. The lowest BCUT2D eigenvalue weighted by atomic mass is 9.98. The Bertz CT molecular complexity index is 391. The number of piperazine rings is 1. The van der Waals surface area contributed by atoms with Crippen molar-refractivity contribution in [2.75, 3.05) is 13.1 Å². The summed E-state index contributed by atoms with van der Waals surface area (Å²) in [6, 6.07) is 3.71. The maximum absolute atomic E-state index is 3.71. The highest BCUT2D eigenvalue weighted by atomic mass is 32.1. The van der Waals surface area contributed by atoms with Crippen molar-refractivity contribution >= 4 is 11.3 Å². The first-order valence-electron chi connectivity index (χ1n) is 7.54. The highest BCUT2D eigenvalue weighted by Gasteiger charge is 2.28. The molecule has 1 N–H and O–H groups in total. The molecular weight excluding hydrogens is 252 g/mol. The standard InChI is InChI=1S/C16H28N2S/c1-6-14-8-17-16(11(2)3)10-18(14)9-15-7-12(4)13(5)19-15/h7,11,14,16-17H,6,8-10H2,1-5H3. The number of aryl methyl sites for hydroxylation is 2. The van der Waals surface area contributed by atoms with E-state index in [1.807, 2.05) is 11.3 Å². The molecule has 2 unspecified atom stereocenters. The van der Waals surface area contributed by atoms with Crippen molar-refractivity contribution in [1.82, 2.24) is 10.2 Å². The lowest BCUT2D eigenvalue weighted by Gasteiger charge is -2.41. The summed E-state index contributed by atoms with van der Waals surface area (Å²) in [5.74, 6) is 0.715. The van der Waals surface area contributed by atoms with E-state index in [9.17, 15) is 0 Å². The van der Waals surface area contributed by atoms with Crippen LogP contribution in [0.3, 0.4) is 0 Å². The first-order chi connectivity index (χ1) is 9.01. The van der Waals surface area contributed by atoms with Crippen LogP contribution in [0.2, 0.25) is 0 Å². The third-order valence-electron chi connectivity index (χ3n) is 4.42. The van der Waals surface area contributed by atoms with Crippen molar-refractivity contribution in [2.45, 2.75) is 59.7 Å². The second kappa shape index (κ2) is 6.38. The minimum Gasteiger partial charge on any atom is -0.311 e. The Morgan fingerprint density at radius 2 is 2.16 bits per heavy atom. The molecule has 1 aromatic heterocycles. The molecule has 0 aromatic carbocycles. The van der Waals surface area contributed by atoms with Crippen molar-refractivity contribution in [1.29, 1.82) is 0 Å². The summed E-state index contributed by atoms with van der Waals surface area (Å²) in [5.41, 5.74) is 1.45. The SMILES string of the molecule is CCC1CNC(C(C)C)CN1Cc1cc(C)c(C)s1. The molecule has 0 amide bonds. The van der Waals surface area contributed by atoms with Gasteiger partial charge in [0.25, 0.3) is 0 Å². The van der Waals surface area contributed by atoms with Crippen molar-refractivity contribution in [2.24, 2.45) is 5.92 Å². The maximum atomic E-state index is 3.71. The van der Waals surface area contributed by atoms with Crippen LogP contribution in [0.15, 0.2) is 6.07 Å². The van der Waals surface area contributed by atoms with Gasteiger partial charge in [-0.3, -0.25) is 4.90 Å². The lowest BCUT2D eigenvalue weighted by molar-refractivity contribution is 0.104. The van der Waals surface area contributed by atoms with E-state index >= 15 is 0 Å². The predicted octanol–water partition coefficient (Wildman–Crippen LogP) is 3.57. The molecule has 1 aliphatic heterocycles. The minimum absolute atomic E-state index is 0.643. The normalized spacial score (nSPS) is 25.2. The topological polar surface area (TPSA) is 15.3 Å². The van der Waals surface area contributed by atoms with Gasteiger partial charge in [-0.15, -0.1) is 11.3 Å². The summed E-state index contributed by atoms with van der Waals surface area (Å²) >= 11 is 1.97. The second-order valence-electron chi connectivity index (χ2n) is 6.20. The van der Waals surface area contributed by atoms with Gasteiger partial charge in [-0.05, 0) is 37.8 Å². The molecule has 0 saturated carbocycles. The highest BCUT2D eigenvalue weighted by molar-refractivity contribution is 7.12. The van der Waals surface area contributed by atoms with Crippen LogP contribution in [0.4, 0.5) is 0 Å². The van der Waals surface area contributed by atoms with Crippen LogP contribution in [-0.2, 0) is 6.54 Å². The summed E-state index contributed by atoms with van der Waals surface area (Å²) in [6.07, 6.45) is 1.24. The van der Waals surface area contributed by atoms with Crippen LogP contribution in [0.1, 0.15) is 42.5 Å². The monoisotopic (exact) mass is 280 g/mol. The number of nitrogens with one attached hydrogen (secondary N) is 1. The van der Waals surface area contributed by atoms with Crippen LogP contribution in [0, 0.1) is 19.8 Å². The average molecular weight is 280 g/mol. The van der Waals surface area contributed by atoms with E-state index in [0.29, 0.717) is 18.0 Å². The zero-order valence-electron chi connectivity index (χ0n) is 13.0. The quantitative estimate of drug-likeness (QED) is 0.907. The summed E-state index contributed by atoms with van der Waals surface area (Å²) in [7, 11) is 0. The molecule has 0 aliphatic carbocycles. The van der Waals surface area contributed by atoms with Gasteiger partial charge in [-0.2, -0.15) is 0 Å². The number of hydrogen-bond donors (Lipinski definition) is 1. The van der Waals surface area contributed by atoms with Crippen LogP contribution in [-0.4, -0.2) is 30.1 Å². The number of rotatable bonds is 4. The van der Waals surface area contributed by atoms with Crippen LogP contribution in [0.5, 0.6) is 0 Å². The largest absolute Gasteiger partial charge is 0.311 e. The third-order valence-corrected chi connectivity index (χ3v) is 5.55. The minimum atomic E-state index is 0.643. The van der Waals surface area contributed by atoms with Crippen molar-refractivity contribution in [3.8, 4) is 0 Å². The van der Waals surface area contributed by atoms with Crippen LogP contribution in [0.25, 0.3) is 0 Å². The molecule has 0 spiro atoms. The van der Waals surface area contributed by atoms with E-state index in [4.69, 9.17) is 0 Å². The fourth-order valence-corrected chi connectivity index (χ4v) is 3.93. The van der Waals surface area contributed by atoms with Gasteiger partial charge in [-0.25, -0.2) is 0 Å². The highest BCUT2D eigenvalue weighted by Crippen LogP contribution is 2.24. The van der Waals surface area contributed by atoms with Gasteiger partial charge >= 0.3 is 0 Å². The van der Waals surface area contributed by atoms with E-state index in [1.165, 1.54) is 28.3 Å². The Balaban J connectivity index is 2.05. The molecule has 2 heterocycles. The van der Waals surface area contributed by atoms with Gasteiger partial charge in [0.1, 0.15) is 0 Å². The Kier molecular flexibility index (Phi) is 5.04. The summed E-state index contributed by atoms with van der Waals surface area (Å²) in [5, 5.41) is 3.71. The van der Waals surface area contributed by atoms with Gasteiger partial charge in [0.05, 0.1) is 0 Å². The van der Waals surface area contributed by atoms with Gasteiger partial charge in [0, 0.05) is 41.5 Å². The van der Waals surface area contributed by atoms with E-state index < -0.39 is 0 Å². The van der Waals surface area contributed by atoms with E-state index in [-0.39, 0.29) is 0 Å². The number of nitrogens with zero attached hydrogens (tertiary/aromatic N) is 1. The second-order valence-corrected chi connectivity index (χ2v) is 7.54. The van der Waals surface area contributed by atoms with Gasteiger partial charge in [0.15, 0.2) is 0 Å². The Morgan fingerprint density at radius 3 is 2.68 bits per heavy atom. The lowest BCUT2D eigenvalue weighted by Crippen LogP contribution is -2.57. The molecule has 2 atom stereocenters.